The second-order valence-corrected chi connectivity index (χ2v) is 3.25. The monoisotopic (exact) mass is 204 g/mol. The Bertz CT molecular complexity index is 287. The Hall–Kier alpha value is -1.03. The standard InChI is InChI=1S/C10H11F3O/c1-7(14)6-8-2-4-9(5-3-8)10(11,12)13/h2-5,7,14H,6H2,1H3/t7-/m0/s1. The van der Waals surface area contributed by atoms with Crippen LogP contribution in [0.2, 0.25) is 0 Å². The molecule has 1 N–H and O–H groups in total. The summed E-state index contributed by atoms with van der Waals surface area (Å²) < 4.78 is 36.4. The van der Waals surface area contributed by atoms with Crippen molar-refractivity contribution in [1.82, 2.24) is 0 Å². The number of aliphatic hydroxyl groups is 1. The zero-order valence-electron chi connectivity index (χ0n) is 7.67. The lowest BCUT2D eigenvalue weighted by Crippen LogP contribution is -2.07. The Morgan fingerprint density at radius 3 is 2.07 bits per heavy atom. The van der Waals surface area contributed by atoms with Gasteiger partial charge in [0.1, 0.15) is 0 Å². The van der Waals surface area contributed by atoms with Crippen LogP contribution in [-0.2, 0) is 12.6 Å². The number of benzene rings is 1. The molecule has 0 saturated carbocycles. The quantitative estimate of drug-likeness (QED) is 0.785. The van der Waals surface area contributed by atoms with E-state index in [2.05, 4.69) is 0 Å². The Morgan fingerprint density at radius 1 is 1.21 bits per heavy atom. The molecular weight excluding hydrogens is 193 g/mol. The molecule has 78 valence electrons. The first-order chi connectivity index (χ1) is 6.39. The molecule has 0 radical (unpaired) electrons. The summed E-state index contributed by atoms with van der Waals surface area (Å²) in [5.74, 6) is 0. The van der Waals surface area contributed by atoms with Gasteiger partial charge in [-0.05, 0) is 31.0 Å². The first kappa shape index (κ1) is 11.0. The number of hydrogen-bond donors (Lipinski definition) is 1. The molecule has 1 aromatic carbocycles. The van der Waals surface area contributed by atoms with E-state index in [0.29, 0.717) is 12.0 Å². The van der Waals surface area contributed by atoms with E-state index in [1.165, 1.54) is 12.1 Å². The summed E-state index contributed by atoms with van der Waals surface area (Å²) in [6.45, 7) is 1.59. The maximum absolute atomic E-state index is 12.1. The fourth-order valence-electron chi connectivity index (χ4n) is 1.17. The van der Waals surface area contributed by atoms with Gasteiger partial charge in [0.05, 0.1) is 11.7 Å². The molecular formula is C10H11F3O. The fraction of sp³-hybridized carbons (Fsp3) is 0.400. The van der Waals surface area contributed by atoms with Crippen molar-refractivity contribution in [2.45, 2.75) is 25.6 Å². The second-order valence-electron chi connectivity index (χ2n) is 3.25. The van der Waals surface area contributed by atoms with Crippen LogP contribution >= 0.6 is 0 Å². The van der Waals surface area contributed by atoms with Gasteiger partial charge in [-0.15, -0.1) is 0 Å². The van der Waals surface area contributed by atoms with Crippen molar-refractivity contribution in [2.75, 3.05) is 0 Å². The van der Waals surface area contributed by atoms with Crippen molar-refractivity contribution in [3.05, 3.63) is 35.4 Å². The van der Waals surface area contributed by atoms with Gasteiger partial charge in [-0.1, -0.05) is 12.1 Å². The van der Waals surface area contributed by atoms with Gasteiger partial charge in [0.25, 0.3) is 0 Å². The summed E-state index contributed by atoms with van der Waals surface area (Å²) in [6.07, 6.45) is -4.45. The summed E-state index contributed by atoms with van der Waals surface area (Å²) in [4.78, 5) is 0. The third-order valence-electron chi connectivity index (χ3n) is 1.81. The van der Waals surface area contributed by atoms with Gasteiger partial charge in [-0.25, -0.2) is 0 Å². The first-order valence-electron chi connectivity index (χ1n) is 4.24. The molecule has 0 saturated heterocycles. The van der Waals surface area contributed by atoms with E-state index in [9.17, 15) is 13.2 Å². The molecule has 0 amide bonds. The molecule has 1 aromatic rings. The van der Waals surface area contributed by atoms with Crippen LogP contribution in [0.3, 0.4) is 0 Å². The van der Waals surface area contributed by atoms with Crippen LogP contribution in [-0.4, -0.2) is 11.2 Å². The molecule has 0 unspecified atom stereocenters. The molecule has 1 rings (SSSR count). The van der Waals surface area contributed by atoms with E-state index in [4.69, 9.17) is 5.11 Å². The van der Waals surface area contributed by atoms with E-state index >= 15 is 0 Å². The molecule has 14 heavy (non-hydrogen) atoms. The minimum absolute atomic E-state index is 0.373. The second kappa shape index (κ2) is 4.00. The first-order valence-corrected chi connectivity index (χ1v) is 4.24. The number of rotatable bonds is 2. The van der Waals surface area contributed by atoms with Crippen molar-refractivity contribution < 1.29 is 18.3 Å². The third-order valence-corrected chi connectivity index (χ3v) is 1.81. The van der Waals surface area contributed by atoms with Crippen molar-refractivity contribution in [1.29, 1.82) is 0 Å². The van der Waals surface area contributed by atoms with Gasteiger partial charge in [0.15, 0.2) is 0 Å². The average molecular weight is 204 g/mol. The fourth-order valence-corrected chi connectivity index (χ4v) is 1.17. The summed E-state index contributed by atoms with van der Waals surface area (Å²) in [6, 6.07) is 4.82. The molecule has 0 heterocycles. The zero-order valence-corrected chi connectivity index (χ0v) is 7.67. The van der Waals surface area contributed by atoms with E-state index in [1.54, 1.807) is 6.92 Å². The number of aliphatic hydroxyl groups excluding tert-OH is 1. The molecule has 1 nitrogen and oxygen atoms in total. The number of alkyl halides is 3. The molecule has 0 fully saturated rings. The molecule has 0 spiro atoms. The molecule has 4 heteroatoms. The summed E-state index contributed by atoms with van der Waals surface area (Å²) in [5, 5.41) is 9.01. The Labute approximate surface area is 80.2 Å². The summed E-state index contributed by atoms with van der Waals surface area (Å²) in [5.41, 5.74) is 0.0415. The van der Waals surface area contributed by atoms with E-state index in [-0.39, 0.29) is 0 Å². The molecule has 0 aliphatic carbocycles. The van der Waals surface area contributed by atoms with Crippen LogP contribution in [0.5, 0.6) is 0 Å². The highest BCUT2D eigenvalue weighted by molar-refractivity contribution is 5.24. The van der Waals surface area contributed by atoms with Gasteiger partial charge in [0.2, 0.25) is 0 Å². The lowest BCUT2D eigenvalue weighted by atomic mass is 10.1. The highest BCUT2D eigenvalue weighted by atomic mass is 19.4. The maximum Gasteiger partial charge on any atom is 0.416 e. The van der Waals surface area contributed by atoms with Crippen LogP contribution in [0, 0.1) is 0 Å². The number of halogens is 3. The van der Waals surface area contributed by atoms with Gasteiger partial charge >= 0.3 is 6.18 Å². The molecule has 0 aliphatic heterocycles. The predicted molar refractivity (Wildman–Crippen MR) is 46.8 cm³/mol. The number of hydrogen-bond acceptors (Lipinski definition) is 1. The van der Waals surface area contributed by atoms with Crippen LogP contribution in [0.15, 0.2) is 24.3 Å². The Kier molecular flexibility index (Phi) is 3.16. The van der Waals surface area contributed by atoms with Crippen LogP contribution < -0.4 is 0 Å². The average Bonchev–Trinajstić information content (AvgIpc) is 2.02. The van der Waals surface area contributed by atoms with Gasteiger partial charge < -0.3 is 5.11 Å². The molecule has 0 aromatic heterocycles. The SMILES string of the molecule is C[C@H](O)Cc1ccc(C(F)(F)F)cc1. The van der Waals surface area contributed by atoms with Gasteiger partial charge in [-0.2, -0.15) is 13.2 Å². The van der Waals surface area contributed by atoms with Crippen molar-refractivity contribution in [3.63, 3.8) is 0 Å². The topological polar surface area (TPSA) is 20.2 Å². The zero-order chi connectivity index (χ0) is 10.8. The molecule has 0 bridgehead atoms. The van der Waals surface area contributed by atoms with Gasteiger partial charge in [-0.3, -0.25) is 0 Å². The van der Waals surface area contributed by atoms with E-state index < -0.39 is 17.8 Å². The van der Waals surface area contributed by atoms with Crippen molar-refractivity contribution in [3.8, 4) is 0 Å². The minimum atomic E-state index is -4.29. The smallest absolute Gasteiger partial charge is 0.393 e. The van der Waals surface area contributed by atoms with Crippen molar-refractivity contribution in [2.24, 2.45) is 0 Å². The Balaban J connectivity index is 2.79. The van der Waals surface area contributed by atoms with Crippen LogP contribution in [0.25, 0.3) is 0 Å². The van der Waals surface area contributed by atoms with Crippen LogP contribution in [0.1, 0.15) is 18.1 Å². The van der Waals surface area contributed by atoms with Crippen LogP contribution in [0.4, 0.5) is 13.2 Å². The lowest BCUT2D eigenvalue weighted by Gasteiger charge is -2.08. The molecule has 0 aliphatic rings. The lowest BCUT2D eigenvalue weighted by molar-refractivity contribution is -0.137. The predicted octanol–water partition coefficient (Wildman–Crippen LogP) is 2.63. The van der Waals surface area contributed by atoms with E-state index in [1.807, 2.05) is 0 Å². The maximum atomic E-state index is 12.1. The van der Waals surface area contributed by atoms with Crippen molar-refractivity contribution >= 4 is 0 Å². The summed E-state index contributed by atoms with van der Waals surface area (Å²) in [7, 11) is 0. The summed E-state index contributed by atoms with van der Waals surface area (Å²) >= 11 is 0. The Morgan fingerprint density at radius 2 is 1.71 bits per heavy atom. The molecule has 1 atom stereocenters. The third kappa shape index (κ3) is 3.03. The minimum Gasteiger partial charge on any atom is -0.393 e. The highest BCUT2D eigenvalue weighted by Gasteiger charge is 2.29. The van der Waals surface area contributed by atoms with Gasteiger partial charge in [0, 0.05) is 0 Å². The highest BCUT2D eigenvalue weighted by Crippen LogP contribution is 2.29. The van der Waals surface area contributed by atoms with E-state index in [0.717, 1.165) is 12.1 Å². The normalized spacial score (nSPS) is 14.1. The largest absolute Gasteiger partial charge is 0.416 e.